The number of hydrogen-bond acceptors (Lipinski definition) is 4. The fourth-order valence-corrected chi connectivity index (χ4v) is 2.43. The summed E-state index contributed by atoms with van der Waals surface area (Å²) >= 11 is 1.57. The zero-order valence-corrected chi connectivity index (χ0v) is 8.96. The lowest BCUT2D eigenvalue weighted by Gasteiger charge is -1.95. The molecule has 1 aliphatic carbocycles. The first-order valence-corrected chi connectivity index (χ1v) is 5.95. The molecular weight excluding hydrogens is 210 g/mol. The number of aliphatic hydroxyl groups excluding tert-OH is 1. The van der Waals surface area contributed by atoms with Gasteiger partial charge in [-0.15, -0.1) is 0 Å². The topological polar surface area (TPSA) is 46.3 Å². The minimum atomic E-state index is 0.0539. The standard InChI is InChI=1S/C11H11NO2S/c13-4-8-5-15-6-9(8)10-3-12-11(14-10)7-1-2-7/h3,5-7,13H,1-2,4H2. The first-order valence-electron chi connectivity index (χ1n) is 5.00. The van der Waals surface area contributed by atoms with Crippen molar-refractivity contribution >= 4 is 11.3 Å². The van der Waals surface area contributed by atoms with Gasteiger partial charge in [0.1, 0.15) is 0 Å². The molecule has 0 aliphatic heterocycles. The molecule has 2 aromatic heterocycles. The van der Waals surface area contributed by atoms with E-state index < -0.39 is 0 Å². The summed E-state index contributed by atoms with van der Waals surface area (Å²) < 4.78 is 5.68. The average Bonchev–Trinajstić information content (AvgIpc) is 2.83. The molecule has 3 rings (SSSR count). The van der Waals surface area contributed by atoms with Crippen LogP contribution >= 0.6 is 11.3 Å². The predicted molar refractivity (Wildman–Crippen MR) is 57.7 cm³/mol. The smallest absolute Gasteiger partial charge is 0.198 e. The summed E-state index contributed by atoms with van der Waals surface area (Å²) in [4.78, 5) is 4.27. The number of aliphatic hydroxyl groups is 1. The Bertz CT molecular complexity index is 470. The lowest BCUT2D eigenvalue weighted by Crippen LogP contribution is -1.81. The van der Waals surface area contributed by atoms with Crippen LogP contribution in [0.5, 0.6) is 0 Å². The SMILES string of the molecule is OCc1cscc1-c1cnc(C2CC2)o1. The fourth-order valence-electron chi connectivity index (χ4n) is 1.59. The Morgan fingerprint density at radius 2 is 2.33 bits per heavy atom. The molecule has 78 valence electrons. The molecule has 15 heavy (non-hydrogen) atoms. The number of hydrogen-bond donors (Lipinski definition) is 1. The number of oxazole rings is 1. The van der Waals surface area contributed by atoms with Gasteiger partial charge in [-0.2, -0.15) is 11.3 Å². The zero-order chi connectivity index (χ0) is 10.3. The van der Waals surface area contributed by atoms with E-state index in [2.05, 4.69) is 4.98 Å². The van der Waals surface area contributed by atoms with Crippen LogP contribution in [0.4, 0.5) is 0 Å². The van der Waals surface area contributed by atoms with Gasteiger partial charge in [-0.05, 0) is 23.8 Å². The first-order chi connectivity index (χ1) is 7.38. The van der Waals surface area contributed by atoms with Crippen LogP contribution in [0.1, 0.15) is 30.2 Å². The van der Waals surface area contributed by atoms with Crippen LogP contribution in [0.15, 0.2) is 21.4 Å². The van der Waals surface area contributed by atoms with Gasteiger partial charge in [0.15, 0.2) is 11.7 Å². The summed E-state index contributed by atoms with van der Waals surface area (Å²) in [6.07, 6.45) is 4.14. The second-order valence-corrected chi connectivity index (χ2v) is 4.55. The highest BCUT2D eigenvalue weighted by molar-refractivity contribution is 7.08. The second-order valence-electron chi connectivity index (χ2n) is 3.81. The molecule has 3 nitrogen and oxygen atoms in total. The molecule has 1 aliphatic rings. The zero-order valence-electron chi connectivity index (χ0n) is 8.14. The summed E-state index contributed by atoms with van der Waals surface area (Å²) in [6, 6.07) is 0. The molecular formula is C11H11NO2S. The van der Waals surface area contributed by atoms with Crippen molar-refractivity contribution in [1.29, 1.82) is 0 Å². The maximum atomic E-state index is 9.14. The maximum absolute atomic E-state index is 9.14. The molecule has 0 spiro atoms. The third-order valence-electron chi connectivity index (χ3n) is 2.63. The third kappa shape index (κ3) is 1.60. The molecule has 1 fully saturated rings. The Hall–Kier alpha value is -1.13. The molecule has 1 N–H and O–H groups in total. The highest BCUT2D eigenvalue weighted by atomic mass is 32.1. The van der Waals surface area contributed by atoms with Crippen molar-refractivity contribution in [1.82, 2.24) is 4.98 Å². The highest BCUT2D eigenvalue weighted by Gasteiger charge is 2.28. The molecule has 2 heterocycles. The summed E-state index contributed by atoms with van der Waals surface area (Å²) in [6.45, 7) is 0.0539. The highest BCUT2D eigenvalue weighted by Crippen LogP contribution is 2.41. The summed E-state index contributed by atoms with van der Waals surface area (Å²) in [7, 11) is 0. The van der Waals surface area contributed by atoms with Crippen molar-refractivity contribution in [3.63, 3.8) is 0 Å². The van der Waals surface area contributed by atoms with Gasteiger partial charge >= 0.3 is 0 Å². The molecule has 4 heteroatoms. The van der Waals surface area contributed by atoms with E-state index in [0.717, 1.165) is 22.8 Å². The van der Waals surface area contributed by atoms with E-state index in [0.29, 0.717) is 5.92 Å². The van der Waals surface area contributed by atoms with Gasteiger partial charge in [0.05, 0.1) is 12.8 Å². The fraction of sp³-hybridized carbons (Fsp3) is 0.364. The van der Waals surface area contributed by atoms with Crippen LogP contribution in [-0.4, -0.2) is 10.1 Å². The molecule has 0 saturated heterocycles. The van der Waals surface area contributed by atoms with Crippen molar-refractivity contribution < 1.29 is 9.52 Å². The predicted octanol–water partition coefficient (Wildman–Crippen LogP) is 2.77. The largest absolute Gasteiger partial charge is 0.440 e. The van der Waals surface area contributed by atoms with Gasteiger partial charge in [0.25, 0.3) is 0 Å². The van der Waals surface area contributed by atoms with Crippen molar-refractivity contribution in [2.75, 3.05) is 0 Å². The van der Waals surface area contributed by atoms with Crippen molar-refractivity contribution in [2.24, 2.45) is 0 Å². The lowest BCUT2D eigenvalue weighted by atomic mass is 10.2. The number of thiophene rings is 1. The molecule has 0 aromatic carbocycles. The van der Waals surface area contributed by atoms with Gasteiger partial charge in [0, 0.05) is 16.9 Å². The van der Waals surface area contributed by atoms with Gasteiger partial charge in [-0.3, -0.25) is 0 Å². The summed E-state index contributed by atoms with van der Waals surface area (Å²) in [5, 5.41) is 13.1. The van der Waals surface area contributed by atoms with Crippen LogP contribution in [0.3, 0.4) is 0 Å². The second kappa shape index (κ2) is 3.47. The molecule has 0 unspecified atom stereocenters. The third-order valence-corrected chi connectivity index (χ3v) is 3.42. The van der Waals surface area contributed by atoms with Crippen molar-refractivity contribution in [2.45, 2.75) is 25.4 Å². The molecule has 0 bridgehead atoms. The Labute approximate surface area is 91.4 Å². The van der Waals surface area contributed by atoms with Gasteiger partial charge < -0.3 is 9.52 Å². The Morgan fingerprint density at radius 1 is 1.47 bits per heavy atom. The minimum absolute atomic E-state index is 0.0539. The molecule has 2 aromatic rings. The minimum Gasteiger partial charge on any atom is -0.440 e. The van der Waals surface area contributed by atoms with E-state index in [1.165, 1.54) is 12.8 Å². The van der Waals surface area contributed by atoms with E-state index in [-0.39, 0.29) is 6.61 Å². The number of aromatic nitrogens is 1. The van der Waals surface area contributed by atoms with Crippen LogP contribution in [0, 0.1) is 0 Å². The Kier molecular flexibility index (Phi) is 2.11. The van der Waals surface area contributed by atoms with Gasteiger partial charge in [0.2, 0.25) is 0 Å². The summed E-state index contributed by atoms with van der Waals surface area (Å²) in [5.74, 6) is 2.16. The van der Waals surface area contributed by atoms with Gasteiger partial charge in [-0.25, -0.2) is 4.98 Å². The van der Waals surface area contributed by atoms with Gasteiger partial charge in [-0.1, -0.05) is 0 Å². The van der Waals surface area contributed by atoms with E-state index in [1.807, 2.05) is 10.8 Å². The molecule has 1 saturated carbocycles. The van der Waals surface area contributed by atoms with Crippen molar-refractivity contribution in [3.05, 3.63) is 28.4 Å². The Balaban J connectivity index is 1.97. The van der Waals surface area contributed by atoms with Crippen LogP contribution in [0.2, 0.25) is 0 Å². The van der Waals surface area contributed by atoms with E-state index in [4.69, 9.17) is 9.52 Å². The Morgan fingerprint density at radius 3 is 3.07 bits per heavy atom. The quantitative estimate of drug-likeness (QED) is 0.866. The number of nitrogens with zero attached hydrogens (tertiary/aromatic N) is 1. The maximum Gasteiger partial charge on any atom is 0.198 e. The van der Waals surface area contributed by atoms with E-state index in [9.17, 15) is 0 Å². The number of rotatable bonds is 3. The van der Waals surface area contributed by atoms with Crippen LogP contribution < -0.4 is 0 Å². The first kappa shape index (κ1) is 9.12. The monoisotopic (exact) mass is 221 g/mol. The lowest BCUT2D eigenvalue weighted by molar-refractivity contribution is 0.282. The van der Waals surface area contributed by atoms with E-state index >= 15 is 0 Å². The molecule has 0 amide bonds. The normalized spacial score (nSPS) is 15.8. The van der Waals surface area contributed by atoms with Crippen LogP contribution in [-0.2, 0) is 6.61 Å². The van der Waals surface area contributed by atoms with E-state index in [1.54, 1.807) is 17.5 Å². The molecule has 0 atom stereocenters. The van der Waals surface area contributed by atoms with Crippen molar-refractivity contribution in [3.8, 4) is 11.3 Å². The summed E-state index contributed by atoms with van der Waals surface area (Å²) in [5.41, 5.74) is 1.89. The average molecular weight is 221 g/mol. The van der Waals surface area contributed by atoms with Crippen LogP contribution in [0.25, 0.3) is 11.3 Å². The molecule has 0 radical (unpaired) electrons.